The van der Waals surface area contributed by atoms with Gasteiger partial charge in [-0.25, -0.2) is 4.79 Å². The maximum absolute atomic E-state index is 10.7. The van der Waals surface area contributed by atoms with Gasteiger partial charge in [-0.1, -0.05) is 6.07 Å². The van der Waals surface area contributed by atoms with Crippen LogP contribution in [0.3, 0.4) is 0 Å². The molecule has 0 aliphatic carbocycles. The Balaban J connectivity index is 2.11. The first-order chi connectivity index (χ1) is 9.74. The van der Waals surface area contributed by atoms with E-state index in [1.165, 1.54) is 0 Å². The fraction of sp³-hybridized carbons (Fsp3) is 0. The molecule has 0 unspecified atom stereocenters. The zero-order chi connectivity index (χ0) is 13.9. The number of carboxylic acid groups (broad SMARTS) is 1. The Labute approximate surface area is 115 Å². The summed E-state index contributed by atoms with van der Waals surface area (Å²) in [6.45, 7) is 0. The molecule has 2 heterocycles. The summed E-state index contributed by atoms with van der Waals surface area (Å²) in [6.07, 6.45) is 8.01. The third kappa shape index (κ3) is 2.31. The van der Waals surface area contributed by atoms with Crippen molar-refractivity contribution in [1.29, 1.82) is 0 Å². The summed E-state index contributed by atoms with van der Waals surface area (Å²) in [7, 11) is 0. The van der Waals surface area contributed by atoms with Gasteiger partial charge in [0.15, 0.2) is 0 Å². The molecule has 3 aromatic rings. The highest BCUT2D eigenvalue weighted by molar-refractivity contribution is 5.90. The van der Waals surface area contributed by atoms with Gasteiger partial charge < -0.3 is 10.1 Å². The van der Waals surface area contributed by atoms with Crippen LogP contribution in [0, 0.1) is 0 Å². The van der Waals surface area contributed by atoms with Gasteiger partial charge in [0.1, 0.15) is 0 Å². The van der Waals surface area contributed by atoms with Crippen LogP contribution in [-0.4, -0.2) is 21.0 Å². The number of aromatic amines is 1. The molecule has 0 radical (unpaired) electrons. The highest BCUT2D eigenvalue weighted by Crippen LogP contribution is 2.27. The molecule has 0 atom stereocenters. The predicted molar refractivity (Wildman–Crippen MR) is 78.2 cm³/mol. The number of benzene rings is 1. The van der Waals surface area contributed by atoms with Gasteiger partial charge >= 0.3 is 5.97 Å². The second kappa shape index (κ2) is 5.01. The molecule has 3 rings (SSSR count). The van der Waals surface area contributed by atoms with Gasteiger partial charge in [-0.15, -0.1) is 0 Å². The zero-order valence-corrected chi connectivity index (χ0v) is 10.6. The van der Waals surface area contributed by atoms with Crippen molar-refractivity contribution in [3.05, 3.63) is 60.6 Å². The first kappa shape index (κ1) is 12.2. The molecular formula is C16H12N2O2. The van der Waals surface area contributed by atoms with E-state index in [1.54, 1.807) is 24.5 Å². The van der Waals surface area contributed by atoms with E-state index >= 15 is 0 Å². The van der Waals surface area contributed by atoms with Gasteiger partial charge in [-0.3, -0.25) is 4.98 Å². The number of pyridine rings is 1. The molecule has 2 aromatic heterocycles. The van der Waals surface area contributed by atoms with Crippen LogP contribution in [0.25, 0.3) is 28.1 Å². The normalized spacial score (nSPS) is 11.2. The molecule has 4 heteroatoms. The monoisotopic (exact) mass is 264 g/mol. The Morgan fingerprint density at radius 3 is 3.00 bits per heavy atom. The van der Waals surface area contributed by atoms with E-state index in [1.807, 2.05) is 24.4 Å². The lowest BCUT2D eigenvalue weighted by Gasteiger charge is -2.05. The number of aromatic nitrogens is 2. The van der Waals surface area contributed by atoms with Crippen LogP contribution in [0.5, 0.6) is 0 Å². The van der Waals surface area contributed by atoms with E-state index in [9.17, 15) is 4.79 Å². The predicted octanol–water partition coefficient (Wildman–Crippen LogP) is 3.33. The lowest BCUT2D eigenvalue weighted by Crippen LogP contribution is -1.88. The Morgan fingerprint density at radius 1 is 1.25 bits per heavy atom. The van der Waals surface area contributed by atoms with Gasteiger partial charge in [-0.2, -0.15) is 0 Å². The summed E-state index contributed by atoms with van der Waals surface area (Å²) in [4.78, 5) is 17.9. The van der Waals surface area contributed by atoms with E-state index in [-0.39, 0.29) is 0 Å². The number of carboxylic acids is 1. The van der Waals surface area contributed by atoms with Crippen molar-refractivity contribution >= 4 is 22.9 Å². The Kier molecular flexibility index (Phi) is 3.05. The van der Waals surface area contributed by atoms with Crippen LogP contribution in [-0.2, 0) is 4.79 Å². The number of hydrogen-bond donors (Lipinski definition) is 2. The molecule has 20 heavy (non-hydrogen) atoms. The fourth-order valence-electron chi connectivity index (χ4n) is 2.17. The Bertz CT molecular complexity index is 803. The molecule has 0 aliphatic rings. The van der Waals surface area contributed by atoms with Crippen LogP contribution in [0.15, 0.2) is 55.0 Å². The van der Waals surface area contributed by atoms with Gasteiger partial charge in [0.05, 0.1) is 0 Å². The second-order valence-electron chi connectivity index (χ2n) is 4.41. The van der Waals surface area contributed by atoms with E-state index in [0.717, 1.165) is 33.7 Å². The molecule has 0 saturated heterocycles. The van der Waals surface area contributed by atoms with Crippen LogP contribution in [0.1, 0.15) is 5.56 Å². The zero-order valence-electron chi connectivity index (χ0n) is 10.6. The van der Waals surface area contributed by atoms with Crippen molar-refractivity contribution in [2.75, 3.05) is 0 Å². The average molecular weight is 264 g/mol. The smallest absolute Gasteiger partial charge is 0.328 e. The quantitative estimate of drug-likeness (QED) is 0.713. The van der Waals surface area contributed by atoms with Crippen LogP contribution in [0.4, 0.5) is 0 Å². The minimum absolute atomic E-state index is 0.831. The van der Waals surface area contributed by atoms with Crippen molar-refractivity contribution in [2.24, 2.45) is 0 Å². The maximum Gasteiger partial charge on any atom is 0.328 e. The minimum Gasteiger partial charge on any atom is -0.478 e. The molecule has 0 spiro atoms. The summed E-state index contributed by atoms with van der Waals surface area (Å²) >= 11 is 0. The van der Waals surface area contributed by atoms with Crippen molar-refractivity contribution in [3.63, 3.8) is 0 Å². The number of rotatable bonds is 3. The largest absolute Gasteiger partial charge is 0.478 e. The number of fused-ring (bicyclic) bond motifs is 1. The first-order valence-corrected chi connectivity index (χ1v) is 6.16. The third-order valence-electron chi connectivity index (χ3n) is 3.12. The number of carbonyl (C=O) groups is 1. The van der Waals surface area contributed by atoms with Gasteiger partial charge in [-0.05, 0) is 46.9 Å². The SMILES string of the molecule is O=C(O)C=Cc1ccncc1-c1ccc2[nH]ccc2c1. The molecule has 0 amide bonds. The molecule has 98 valence electrons. The van der Waals surface area contributed by atoms with E-state index in [4.69, 9.17) is 5.11 Å². The summed E-state index contributed by atoms with van der Waals surface area (Å²) in [5.74, 6) is -0.964. The van der Waals surface area contributed by atoms with E-state index < -0.39 is 5.97 Å². The average Bonchev–Trinajstić information content (AvgIpc) is 2.92. The second-order valence-corrected chi connectivity index (χ2v) is 4.41. The summed E-state index contributed by atoms with van der Waals surface area (Å²) < 4.78 is 0. The Morgan fingerprint density at radius 2 is 2.15 bits per heavy atom. The lowest BCUT2D eigenvalue weighted by atomic mass is 10.0. The minimum atomic E-state index is -0.964. The topological polar surface area (TPSA) is 66.0 Å². The van der Waals surface area contributed by atoms with Gasteiger partial charge in [0, 0.05) is 35.7 Å². The highest BCUT2D eigenvalue weighted by atomic mass is 16.4. The number of H-pyrrole nitrogens is 1. The molecular weight excluding hydrogens is 252 g/mol. The highest BCUT2D eigenvalue weighted by Gasteiger charge is 2.05. The van der Waals surface area contributed by atoms with E-state index in [0.29, 0.717) is 0 Å². The molecule has 0 fully saturated rings. The van der Waals surface area contributed by atoms with Crippen molar-refractivity contribution in [1.82, 2.24) is 9.97 Å². The molecule has 0 saturated carbocycles. The number of nitrogens with zero attached hydrogens (tertiary/aromatic N) is 1. The van der Waals surface area contributed by atoms with Crippen LogP contribution < -0.4 is 0 Å². The van der Waals surface area contributed by atoms with Crippen LogP contribution >= 0.6 is 0 Å². The number of aliphatic carboxylic acids is 1. The summed E-state index contributed by atoms with van der Waals surface area (Å²) in [6, 6.07) is 9.86. The third-order valence-corrected chi connectivity index (χ3v) is 3.12. The molecule has 0 bridgehead atoms. The summed E-state index contributed by atoms with van der Waals surface area (Å²) in [5, 5.41) is 9.85. The summed E-state index contributed by atoms with van der Waals surface area (Å²) in [5.41, 5.74) is 3.82. The fourth-order valence-corrected chi connectivity index (χ4v) is 2.17. The Hall–Kier alpha value is -2.88. The number of nitrogens with one attached hydrogen (secondary N) is 1. The number of hydrogen-bond acceptors (Lipinski definition) is 2. The van der Waals surface area contributed by atoms with Crippen molar-refractivity contribution < 1.29 is 9.90 Å². The first-order valence-electron chi connectivity index (χ1n) is 6.16. The standard InChI is InChI=1S/C16H12N2O2/c19-16(20)4-2-11-5-7-17-10-14(11)12-1-3-15-13(9-12)6-8-18-15/h1-10,18H,(H,19,20). The van der Waals surface area contributed by atoms with Crippen LogP contribution in [0.2, 0.25) is 0 Å². The molecule has 4 nitrogen and oxygen atoms in total. The lowest BCUT2D eigenvalue weighted by molar-refractivity contribution is -0.131. The van der Waals surface area contributed by atoms with Crippen molar-refractivity contribution in [2.45, 2.75) is 0 Å². The van der Waals surface area contributed by atoms with Gasteiger partial charge in [0.25, 0.3) is 0 Å². The van der Waals surface area contributed by atoms with Crippen molar-refractivity contribution in [3.8, 4) is 11.1 Å². The van der Waals surface area contributed by atoms with Gasteiger partial charge in [0.2, 0.25) is 0 Å². The molecule has 1 aromatic carbocycles. The maximum atomic E-state index is 10.7. The molecule has 0 aliphatic heterocycles. The van der Waals surface area contributed by atoms with E-state index in [2.05, 4.69) is 16.0 Å². The molecule has 2 N–H and O–H groups in total.